The molecule has 0 bridgehead atoms. The predicted molar refractivity (Wildman–Crippen MR) is 56.2 cm³/mol. The van der Waals surface area contributed by atoms with Gasteiger partial charge in [-0.25, -0.2) is 0 Å². The van der Waals surface area contributed by atoms with Gasteiger partial charge in [0, 0.05) is 31.7 Å². The van der Waals surface area contributed by atoms with Crippen LogP contribution in [0, 0.1) is 0 Å². The van der Waals surface area contributed by atoms with Crippen LogP contribution in [0.2, 0.25) is 0 Å². The Labute approximate surface area is 81.2 Å². The summed E-state index contributed by atoms with van der Waals surface area (Å²) in [6.07, 6.45) is 0. The van der Waals surface area contributed by atoms with Gasteiger partial charge in [-0.05, 0) is 20.8 Å². The van der Waals surface area contributed by atoms with Crippen molar-refractivity contribution in [3.63, 3.8) is 0 Å². The maximum atomic E-state index is 5.63. The number of hydrogen-bond donors (Lipinski definition) is 1. The molecule has 3 nitrogen and oxygen atoms in total. The number of nitrogens with zero attached hydrogens (tertiary/aromatic N) is 2. The van der Waals surface area contributed by atoms with Crippen molar-refractivity contribution in [3.05, 3.63) is 12.4 Å². The minimum absolute atomic E-state index is 0.280. The fourth-order valence-corrected chi connectivity index (χ4v) is 1.66. The maximum Gasteiger partial charge on any atom is 0.0913 e. The Balaban J connectivity index is 2.44. The number of nitrogens with two attached hydrogens (primary N) is 1. The van der Waals surface area contributed by atoms with Crippen molar-refractivity contribution >= 4 is 0 Å². The first kappa shape index (κ1) is 10.4. The molecule has 0 atom stereocenters. The first-order valence-electron chi connectivity index (χ1n) is 4.85. The quantitative estimate of drug-likeness (QED) is 0.653. The molecule has 13 heavy (non-hydrogen) atoms. The van der Waals surface area contributed by atoms with E-state index >= 15 is 0 Å². The van der Waals surface area contributed by atoms with Crippen molar-refractivity contribution < 1.29 is 0 Å². The van der Waals surface area contributed by atoms with Gasteiger partial charge >= 0.3 is 0 Å². The molecule has 0 spiro atoms. The monoisotopic (exact) mass is 183 g/mol. The second-order valence-corrected chi connectivity index (χ2v) is 4.64. The van der Waals surface area contributed by atoms with Gasteiger partial charge in [0.1, 0.15) is 0 Å². The summed E-state index contributed by atoms with van der Waals surface area (Å²) in [5.74, 6) is 0.702. The fraction of sp³-hybridized carbons (Fsp3) is 0.800. The van der Waals surface area contributed by atoms with Crippen LogP contribution in [0.5, 0.6) is 0 Å². The van der Waals surface area contributed by atoms with Gasteiger partial charge in [0.25, 0.3) is 0 Å². The van der Waals surface area contributed by atoms with Gasteiger partial charge < -0.3 is 10.6 Å². The van der Waals surface area contributed by atoms with Crippen LogP contribution in [-0.4, -0.2) is 41.5 Å². The highest BCUT2D eigenvalue weighted by atomic mass is 15.3. The molecule has 1 aliphatic rings. The third-order valence-corrected chi connectivity index (χ3v) is 2.63. The molecule has 0 radical (unpaired) electrons. The largest absolute Gasteiger partial charge is 0.386 e. The predicted octanol–water partition coefficient (Wildman–Crippen LogP) is 0.832. The lowest BCUT2D eigenvalue weighted by molar-refractivity contribution is 0.0760. The van der Waals surface area contributed by atoms with Crippen molar-refractivity contribution in [1.82, 2.24) is 9.80 Å². The second-order valence-electron chi connectivity index (χ2n) is 4.64. The minimum atomic E-state index is 0.280. The number of piperazine rings is 1. The molecule has 1 fully saturated rings. The summed E-state index contributed by atoms with van der Waals surface area (Å²) in [5.41, 5.74) is 5.91. The topological polar surface area (TPSA) is 32.5 Å². The molecule has 2 N–H and O–H groups in total. The molecule has 0 aromatic heterocycles. The maximum absolute atomic E-state index is 5.63. The standard InChI is InChI=1S/C10H21N3/c1-9(11)12-5-7-13(8-6-12)10(2,3)4/h1,5-8,11H2,2-4H3. The van der Waals surface area contributed by atoms with Gasteiger partial charge in [-0.2, -0.15) is 0 Å². The molecule has 1 rings (SSSR count). The van der Waals surface area contributed by atoms with E-state index in [0.29, 0.717) is 5.82 Å². The van der Waals surface area contributed by atoms with E-state index in [9.17, 15) is 0 Å². The summed E-state index contributed by atoms with van der Waals surface area (Å²) in [6, 6.07) is 0. The Bertz CT molecular complexity index is 185. The van der Waals surface area contributed by atoms with E-state index in [0.717, 1.165) is 26.2 Å². The molecule has 0 saturated carbocycles. The van der Waals surface area contributed by atoms with Gasteiger partial charge in [-0.1, -0.05) is 6.58 Å². The SMILES string of the molecule is C=C(N)N1CCN(C(C)(C)C)CC1. The van der Waals surface area contributed by atoms with Crippen LogP contribution < -0.4 is 5.73 Å². The summed E-state index contributed by atoms with van der Waals surface area (Å²) >= 11 is 0. The molecule has 0 aliphatic carbocycles. The number of hydrogen-bond acceptors (Lipinski definition) is 3. The molecule has 1 aliphatic heterocycles. The average Bonchev–Trinajstić information content (AvgIpc) is 2.03. The van der Waals surface area contributed by atoms with Gasteiger partial charge in [0.05, 0.1) is 5.82 Å². The molecule has 0 aromatic carbocycles. The Hall–Kier alpha value is -0.700. The van der Waals surface area contributed by atoms with Crippen LogP contribution in [0.1, 0.15) is 20.8 Å². The Morgan fingerprint density at radius 1 is 1.15 bits per heavy atom. The van der Waals surface area contributed by atoms with Crippen LogP contribution in [-0.2, 0) is 0 Å². The Morgan fingerprint density at radius 3 is 1.92 bits per heavy atom. The van der Waals surface area contributed by atoms with Crippen LogP contribution in [0.4, 0.5) is 0 Å². The van der Waals surface area contributed by atoms with E-state index < -0.39 is 0 Å². The molecule has 76 valence electrons. The highest BCUT2D eigenvalue weighted by molar-refractivity contribution is 4.92. The van der Waals surface area contributed by atoms with Crippen LogP contribution in [0.15, 0.2) is 12.4 Å². The zero-order valence-electron chi connectivity index (χ0n) is 9.01. The van der Waals surface area contributed by atoms with Crippen LogP contribution in [0.25, 0.3) is 0 Å². The molecule has 0 aromatic rings. The van der Waals surface area contributed by atoms with E-state index in [1.807, 2.05) is 0 Å². The van der Waals surface area contributed by atoms with E-state index in [-0.39, 0.29) is 5.54 Å². The Kier molecular flexibility index (Phi) is 2.86. The van der Waals surface area contributed by atoms with Crippen LogP contribution in [0.3, 0.4) is 0 Å². The molecular formula is C10H21N3. The molecule has 0 amide bonds. The smallest absolute Gasteiger partial charge is 0.0913 e. The van der Waals surface area contributed by atoms with Gasteiger partial charge in [0.15, 0.2) is 0 Å². The van der Waals surface area contributed by atoms with E-state index in [1.54, 1.807) is 0 Å². The summed E-state index contributed by atoms with van der Waals surface area (Å²) in [6.45, 7) is 14.7. The lowest BCUT2D eigenvalue weighted by Gasteiger charge is -2.42. The third kappa shape index (κ3) is 2.62. The van der Waals surface area contributed by atoms with Crippen molar-refractivity contribution in [1.29, 1.82) is 0 Å². The van der Waals surface area contributed by atoms with Crippen molar-refractivity contribution in [2.75, 3.05) is 26.2 Å². The zero-order chi connectivity index (χ0) is 10.1. The first-order valence-corrected chi connectivity index (χ1v) is 4.85. The molecule has 0 unspecified atom stereocenters. The van der Waals surface area contributed by atoms with E-state index in [1.165, 1.54) is 0 Å². The van der Waals surface area contributed by atoms with Crippen molar-refractivity contribution in [3.8, 4) is 0 Å². The summed E-state index contributed by atoms with van der Waals surface area (Å²) < 4.78 is 0. The van der Waals surface area contributed by atoms with Crippen molar-refractivity contribution in [2.45, 2.75) is 26.3 Å². The minimum Gasteiger partial charge on any atom is -0.386 e. The first-order chi connectivity index (χ1) is 5.91. The molecule has 1 saturated heterocycles. The average molecular weight is 183 g/mol. The summed E-state index contributed by atoms with van der Waals surface area (Å²) in [7, 11) is 0. The van der Waals surface area contributed by atoms with Gasteiger partial charge in [-0.15, -0.1) is 0 Å². The Morgan fingerprint density at radius 2 is 1.62 bits per heavy atom. The van der Waals surface area contributed by atoms with Gasteiger partial charge in [0.2, 0.25) is 0 Å². The lowest BCUT2D eigenvalue weighted by Crippen LogP contribution is -2.53. The normalized spacial score (nSPS) is 20.4. The second kappa shape index (κ2) is 3.58. The molecular weight excluding hydrogens is 162 g/mol. The van der Waals surface area contributed by atoms with E-state index in [4.69, 9.17) is 5.73 Å². The fourth-order valence-electron chi connectivity index (χ4n) is 1.66. The zero-order valence-corrected chi connectivity index (χ0v) is 9.01. The number of rotatable bonds is 1. The highest BCUT2D eigenvalue weighted by Gasteiger charge is 2.25. The molecule has 3 heteroatoms. The lowest BCUT2D eigenvalue weighted by atomic mass is 10.1. The summed E-state index contributed by atoms with van der Waals surface area (Å²) in [4.78, 5) is 4.62. The van der Waals surface area contributed by atoms with Crippen molar-refractivity contribution in [2.24, 2.45) is 5.73 Å². The third-order valence-electron chi connectivity index (χ3n) is 2.63. The molecule has 1 heterocycles. The van der Waals surface area contributed by atoms with E-state index in [2.05, 4.69) is 37.1 Å². The highest BCUT2D eigenvalue weighted by Crippen LogP contribution is 2.16. The van der Waals surface area contributed by atoms with Gasteiger partial charge in [-0.3, -0.25) is 4.90 Å². The van der Waals surface area contributed by atoms with Crippen LogP contribution >= 0.6 is 0 Å². The summed E-state index contributed by atoms with van der Waals surface area (Å²) in [5, 5.41) is 0.